The number of hydrogen-bond donors (Lipinski definition) is 0. The Morgan fingerprint density at radius 2 is 1.07 bits per heavy atom. The smallest absolute Gasteiger partial charge is 0.0541 e. The number of rotatable bonds is 4. The number of aromatic nitrogens is 1. The van der Waals surface area contributed by atoms with Gasteiger partial charge in [-0.15, -0.1) is 0 Å². The molecule has 196 valence electrons. The molecule has 40 heavy (non-hydrogen) atoms. The molecule has 1 atom stereocenters. The molecule has 1 aliphatic heterocycles. The van der Waals surface area contributed by atoms with Gasteiger partial charge < -0.3 is 9.47 Å². The van der Waals surface area contributed by atoms with Crippen LogP contribution >= 0.6 is 0 Å². The van der Waals surface area contributed by atoms with Crippen LogP contribution in [0.25, 0.3) is 27.5 Å². The lowest BCUT2D eigenvalue weighted by atomic mass is 9.75. The van der Waals surface area contributed by atoms with Gasteiger partial charge in [0.25, 0.3) is 0 Å². The number of nitrogens with zero attached hydrogens (tertiary/aromatic N) is 2. The highest BCUT2D eigenvalue weighted by atomic mass is 15.2. The van der Waals surface area contributed by atoms with Gasteiger partial charge in [-0.1, -0.05) is 84.9 Å². The first kappa shape index (κ1) is 23.6. The first-order chi connectivity index (χ1) is 19.8. The lowest BCUT2D eigenvalue weighted by Crippen LogP contribution is -2.36. The third kappa shape index (κ3) is 3.85. The maximum absolute atomic E-state index is 2.67. The second-order valence-corrected chi connectivity index (χ2v) is 11.7. The first-order valence-electron chi connectivity index (χ1n) is 14.9. The van der Waals surface area contributed by atoms with Crippen LogP contribution in [0.1, 0.15) is 42.7 Å². The summed E-state index contributed by atoms with van der Waals surface area (Å²) in [5, 5.41) is 2.61. The van der Waals surface area contributed by atoms with Crippen LogP contribution in [-0.2, 0) is 6.42 Å². The Morgan fingerprint density at radius 3 is 1.77 bits per heavy atom. The highest BCUT2D eigenvalue weighted by Crippen LogP contribution is 2.46. The first-order valence-corrected chi connectivity index (χ1v) is 14.9. The molecule has 1 aliphatic carbocycles. The SMILES string of the molecule is c1ccc(C2CCC(C3Cc4ccccc4N3c3ccc(-n4c5ccccc5c5ccccc54)cc3)CC2)cc1. The molecule has 6 aromatic rings. The van der Waals surface area contributed by atoms with Crippen molar-refractivity contribution in [3.8, 4) is 5.69 Å². The zero-order valence-electron chi connectivity index (χ0n) is 22.8. The third-order valence-corrected chi connectivity index (χ3v) is 9.56. The molecular formula is C38H34N2. The van der Waals surface area contributed by atoms with Gasteiger partial charge in [-0.3, -0.25) is 0 Å². The molecule has 0 amide bonds. The van der Waals surface area contributed by atoms with Gasteiger partial charge in [-0.25, -0.2) is 0 Å². The predicted molar refractivity (Wildman–Crippen MR) is 168 cm³/mol. The van der Waals surface area contributed by atoms with Crippen molar-refractivity contribution in [2.75, 3.05) is 4.90 Å². The van der Waals surface area contributed by atoms with Crippen molar-refractivity contribution < 1.29 is 0 Å². The van der Waals surface area contributed by atoms with E-state index in [2.05, 4.69) is 137 Å². The van der Waals surface area contributed by atoms with Crippen LogP contribution in [0.4, 0.5) is 11.4 Å². The standard InChI is InChI=1S/C38H34N2/c1-2-10-27(11-3-1)28-18-20-29(21-19-28)38-26-30-12-4-7-15-35(30)39(38)31-22-24-32(25-23-31)40-36-16-8-5-13-33(36)34-14-6-9-17-37(34)40/h1-17,22-25,28-29,38H,18-21,26H2. The van der Waals surface area contributed by atoms with E-state index in [4.69, 9.17) is 0 Å². The van der Waals surface area contributed by atoms with E-state index < -0.39 is 0 Å². The highest BCUT2D eigenvalue weighted by Gasteiger charge is 2.37. The topological polar surface area (TPSA) is 8.17 Å². The molecule has 1 saturated carbocycles. The van der Waals surface area contributed by atoms with E-state index in [1.54, 1.807) is 0 Å². The fourth-order valence-corrected chi connectivity index (χ4v) is 7.65. The average molecular weight is 519 g/mol. The predicted octanol–water partition coefficient (Wildman–Crippen LogP) is 9.82. The number of fused-ring (bicyclic) bond motifs is 4. The van der Waals surface area contributed by atoms with Gasteiger partial charge in [0.1, 0.15) is 0 Å². The third-order valence-electron chi connectivity index (χ3n) is 9.56. The van der Waals surface area contributed by atoms with Gasteiger partial charge in [-0.05, 0) is 97.5 Å². The van der Waals surface area contributed by atoms with Gasteiger partial charge in [0.05, 0.1) is 11.0 Å². The Hall–Kier alpha value is -4.30. The second-order valence-electron chi connectivity index (χ2n) is 11.7. The molecule has 8 rings (SSSR count). The Labute approximate surface area is 236 Å². The maximum Gasteiger partial charge on any atom is 0.0541 e. The fourth-order valence-electron chi connectivity index (χ4n) is 7.65. The van der Waals surface area contributed by atoms with Gasteiger partial charge >= 0.3 is 0 Å². The Morgan fingerprint density at radius 1 is 0.500 bits per heavy atom. The van der Waals surface area contributed by atoms with Crippen LogP contribution in [0.15, 0.2) is 127 Å². The van der Waals surface area contributed by atoms with E-state index >= 15 is 0 Å². The molecule has 2 nitrogen and oxygen atoms in total. The largest absolute Gasteiger partial charge is 0.338 e. The molecule has 1 aromatic heterocycles. The summed E-state index contributed by atoms with van der Waals surface area (Å²) in [6, 6.07) is 47.6. The summed E-state index contributed by atoms with van der Waals surface area (Å²) in [7, 11) is 0. The molecule has 0 radical (unpaired) electrons. The summed E-state index contributed by atoms with van der Waals surface area (Å²) in [6.07, 6.45) is 6.33. The van der Waals surface area contributed by atoms with Gasteiger partial charge in [0.15, 0.2) is 0 Å². The minimum Gasteiger partial charge on any atom is -0.338 e. The zero-order valence-corrected chi connectivity index (χ0v) is 22.8. The van der Waals surface area contributed by atoms with Crippen LogP contribution in [0, 0.1) is 5.92 Å². The molecule has 2 heteroatoms. The van der Waals surface area contributed by atoms with Crippen molar-refractivity contribution in [2.45, 2.75) is 44.1 Å². The van der Waals surface area contributed by atoms with Gasteiger partial charge in [0, 0.05) is 33.9 Å². The molecule has 0 spiro atoms. The monoisotopic (exact) mass is 518 g/mol. The molecular weight excluding hydrogens is 484 g/mol. The normalized spacial score (nSPS) is 20.7. The van der Waals surface area contributed by atoms with Crippen molar-refractivity contribution in [3.05, 3.63) is 139 Å². The van der Waals surface area contributed by atoms with E-state index in [1.807, 2.05) is 0 Å². The Kier molecular flexibility index (Phi) is 5.72. The van der Waals surface area contributed by atoms with Crippen LogP contribution in [0.2, 0.25) is 0 Å². The van der Waals surface area contributed by atoms with Crippen molar-refractivity contribution >= 4 is 33.2 Å². The fraction of sp³-hybridized carbons (Fsp3) is 0.211. The molecule has 2 heterocycles. The van der Waals surface area contributed by atoms with E-state index in [-0.39, 0.29) is 0 Å². The summed E-state index contributed by atoms with van der Waals surface area (Å²) in [5.41, 5.74) is 9.45. The molecule has 1 fully saturated rings. The molecule has 5 aromatic carbocycles. The second kappa shape index (κ2) is 9.71. The van der Waals surface area contributed by atoms with E-state index in [9.17, 15) is 0 Å². The van der Waals surface area contributed by atoms with E-state index in [0.29, 0.717) is 17.9 Å². The molecule has 0 bridgehead atoms. The molecule has 0 saturated heterocycles. The van der Waals surface area contributed by atoms with Crippen LogP contribution in [-0.4, -0.2) is 10.6 Å². The van der Waals surface area contributed by atoms with E-state index in [0.717, 1.165) is 6.42 Å². The lowest BCUT2D eigenvalue weighted by molar-refractivity contribution is 0.284. The summed E-state index contributed by atoms with van der Waals surface area (Å²) >= 11 is 0. The molecule has 0 N–H and O–H groups in total. The maximum atomic E-state index is 2.67. The Balaban J connectivity index is 1.13. The lowest BCUT2D eigenvalue weighted by Gasteiger charge is -2.38. The minimum atomic E-state index is 0.521. The van der Waals surface area contributed by atoms with Crippen LogP contribution in [0.3, 0.4) is 0 Å². The van der Waals surface area contributed by atoms with Gasteiger partial charge in [-0.2, -0.15) is 0 Å². The van der Waals surface area contributed by atoms with Crippen LogP contribution in [0.5, 0.6) is 0 Å². The number of hydrogen-bond acceptors (Lipinski definition) is 1. The highest BCUT2D eigenvalue weighted by molar-refractivity contribution is 6.09. The van der Waals surface area contributed by atoms with Gasteiger partial charge in [0.2, 0.25) is 0 Å². The minimum absolute atomic E-state index is 0.521. The number of anilines is 2. The molecule has 1 unspecified atom stereocenters. The summed E-state index contributed by atoms with van der Waals surface area (Å²) < 4.78 is 2.41. The van der Waals surface area contributed by atoms with Crippen molar-refractivity contribution in [2.24, 2.45) is 5.92 Å². The average Bonchev–Trinajstić information content (AvgIpc) is 3.58. The number of benzene rings is 5. The van der Waals surface area contributed by atoms with Crippen molar-refractivity contribution in [3.63, 3.8) is 0 Å². The quantitative estimate of drug-likeness (QED) is 0.225. The molecule has 2 aliphatic rings. The van der Waals surface area contributed by atoms with Crippen molar-refractivity contribution in [1.29, 1.82) is 0 Å². The summed E-state index contributed by atoms with van der Waals surface area (Å²) in [6.45, 7) is 0. The van der Waals surface area contributed by atoms with E-state index in [1.165, 1.54) is 75.7 Å². The summed E-state index contributed by atoms with van der Waals surface area (Å²) in [5.74, 6) is 1.42. The zero-order chi connectivity index (χ0) is 26.5. The Bertz CT molecular complexity index is 1740. The summed E-state index contributed by atoms with van der Waals surface area (Å²) in [4.78, 5) is 2.67. The van der Waals surface area contributed by atoms with Crippen LogP contribution < -0.4 is 4.90 Å². The number of para-hydroxylation sites is 3. The van der Waals surface area contributed by atoms with Crippen molar-refractivity contribution in [1.82, 2.24) is 4.57 Å².